The first-order chi connectivity index (χ1) is 4.04. The van der Waals surface area contributed by atoms with Gasteiger partial charge in [-0.05, 0) is 0 Å². The summed E-state index contributed by atoms with van der Waals surface area (Å²) in [6.45, 7) is 0. The summed E-state index contributed by atoms with van der Waals surface area (Å²) in [6, 6.07) is 0. The standard InChI is InChI=1S/C4H4ClFO3/c5-4(6)2(7)1-3(8)9/h4H,1H2,(H,8,9). The number of ketones is 1. The number of hydrogen-bond donors (Lipinski definition) is 1. The number of hydrogen-bond acceptors (Lipinski definition) is 2. The number of halogens is 2. The molecule has 1 atom stereocenters. The third-order valence-corrected chi connectivity index (χ3v) is 0.812. The van der Waals surface area contributed by atoms with Gasteiger partial charge in [0.15, 0.2) is 5.78 Å². The van der Waals surface area contributed by atoms with E-state index in [-0.39, 0.29) is 0 Å². The molecule has 52 valence electrons. The van der Waals surface area contributed by atoms with E-state index in [1.165, 1.54) is 0 Å². The van der Waals surface area contributed by atoms with Crippen molar-refractivity contribution in [3.8, 4) is 0 Å². The van der Waals surface area contributed by atoms with E-state index in [0.29, 0.717) is 0 Å². The van der Waals surface area contributed by atoms with Gasteiger partial charge in [0.25, 0.3) is 0 Å². The predicted molar refractivity (Wildman–Crippen MR) is 28.0 cm³/mol. The first kappa shape index (κ1) is 8.36. The summed E-state index contributed by atoms with van der Waals surface area (Å²) >= 11 is 4.59. The van der Waals surface area contributed by atoms with Crippen molar-refractivity contribution in [3.63, 3.8) is 0 Å². The summed E-state index contributed by atoms with van der Waals surface area (Å²) in [6.07, 6.45) is -0.856. The van der Waals surface area contributed by atoms with Crippen LogP contribution in [0.2, 0.25) is 0 Å². The van der Waals surface area contributed by atoms with Crippen LogP contribution in [0.5, 0.6) is 0 Å². The van der Waals surface area contributed by atoms with Gasteiger partial charge in [-0.25, -0.2) is 4.39 Å². The Balaban J connectivity index is 3.64. The average Bonchev–Trinajstić information content (AvgIpc) is 1.63. The summed E-state index contributed by atoms with van der Waals surface area (Å²) in [7, 11) is 0. The van der Waals surface area contributed by atoms with Gasteiger partial charge in [-0.15, -0.1) is 0 Å². The van der Waals surface area contributed by atoms with Crippen molar-refractivity contribution in [1.82, 2.24) is 0 Å². The van der Waals surface area contributed by atoms with E-state index in [4.69, 9.17) is 5.11 Å². The van der Waals surface area contributed by atoms with Crippen molar-refractivity contribution in [2.45, 2.75) is 12.1 Å². The minimum absolute atomic E-state index is 0.856. The fourth-order valence-corrected chi connectivity index (χ4v) is 0.303. The van der Waals surface area contributed by atoms with Crippen LogP contribution >= 0.6 is 11.6 Å². The van der Waals surface area contributed by atoms with Crippen molar-refractivity contribution in [2.75, 3.05) is 0 Å². The van der Waals surface area contributed by atoms with E-state index >= 15 is 0 Å². The highest BCUT2D eigenvalue weighted by atomic mass is 35.5. The fraction of sp³-hybridized carbons (Fsp3) is 0.500. The normalized spacial score (nSPS) is 12.7. The molecule has 1 unspecified atom stereocenters. The van der Waals surface area contributed by atoms with Gasteiger partial charge < -0.3 is 5.11 Å². The van der Waals surface area contributed by atoms with E-state index in [1.54, 1.807) is 0 Å². The molecule has 0 aliphatic carbocycles. The van der Waals surface area contributed by atoms with Crippen molar-refractivity contribution in [2.24, 2.45) is 0 Å². The minimum Gasteiger partial charge on any atom is -0.481 e. The second kappa shape index (κ2) is 3.40. The Morgan fingerprint density at radius 2 is 2.11 bits per heavy atom. The highest BCUT2D eigenvalue weighted by Gasteiger charge is 2.16. The van der Waals surface area contributed by atoms with E-state index < -0.39 is 23.8 Å². The zero-order valence-electron chi connectivity index (χ0n) is 4.30. The molecule has 0 saturated carbocycles. The highest BCUT2D eigenvalue weighted by molar-refractivity contribution is 6.31. The maximum Gasteiger partial charge on any atom is 0.311 e. The number of carbonyl (C=O) groups is 2. The lowest BCUT2D eigenvalue weighted by Gasteiger charge is -1.92. The first-order valence-electron chi connectivity index (χ1n) is 2.06. The van der Waals surface area contributed by atoms with Gasteiger partial charge >= 0.3 is 5.97 Å². The van der Waals surface area contributed by atoms with Crippen molar-refractivity contribution >= 4 is 23.4 Å². The molecular weight excluding hydrogens is 150 g/mol. The number of carboxylic acid groups (broad SMARTS) is 1. The lowest BCUT2D eigenvalue weighted by molar-refractivity contribution is -0.140. The van der Waals surface area contributed by atoms with Crippen LogP contribution in [0.25, 0.3) is 0 Å². The zero-order valence-corrected chi connectivity index (χ0v) is 5.06. The van der Waals surface area contributed by atoms with Crippen molar-refractivity contribution in [3.05, 3.63) is 0 Å². The lowest BCUT2D eigenvalue weighted by Crippen LogP contribution is -2.13. The molecule has 0 bridgehead atoms. The van der Waals surface area contributed by atoms with Crippen LogP contribution in [0.1, 0.15) is 6.42 Å². The van der Waals surface area contributed by atoms with Crippen molar-refractivity contribution in [1.29, 1.82) is 0 Å². The number of alkyl halides is 2. The minimum atomic E-state index is -2.19. The molecule has 9 heavy (non-hydrogen) atoms. The smallest absolute Gasteiger partial charge is 0.311 e. The Bertz CT molecular complexity index is 134. The molecule has 3 nitrogen and oxygen atoms in total. The number of aliphatic carboxylic acids is 1. The summed E-state index contributed by atoms with van der Waals surface area (Å²) < 4.78 is 11.6. The van der Waals surface area contributed by atoms with Gasteiger partial charge in [-0.3, -0.25) is 9.59 Å². The summed E-state index contributed by atoms with van der Waals surface area (Å²) in [4.78, 5) is 19.7. The number of carboxylic acids is 1. The number of carbonyl (C=O) groups excluding carboxylic acids is 1. The Morgan fingerprint density at radius 1 is 1.67 bits per heavy atom. The number of Topliss-reactive ketones (excluding diaryl/α,β-unsaturated/α-hetero) is 1. The maximum absolute atomic E-state index is 11.6. The van der Waals surface area contributed by atoms with Crippen LogP contribution in [0.3, 0.4) is 0 Å². The molecule has 0 radical (unpaired) electrons. The van der Waals surface area contributed by atoms with Crippen LogP contribution < -0.4 is 0 Å². The van der Waals surface area contributed by atoms with Gasteiger partial charge in [0.1, 0.15) is 6.42 Å². The Labute approximate surface area is 55.4 Å². The molecule has 5 heteroatoms. The van der Waals surface area contributed by atoms with Gasteiger partial charge in [-0.1, -0.05) is 11.6 Å². The molecule has 0 heterocycles. The van der Waals surface area contributed by atoms with Gasteiger partial charge in [0, 0.05) is 0 Å². The van der Waals surface area contributed by atoms with Gasteiger partial charge in [0.2, 0.25) is 5.63 Å². The molecule has 0 fully saturated rings. The third-order valence-electron chi connectivity index (χ3n) is 0.569. The third kappa shape index (κ3) is 3.90. The highest BCUT2D eigenvalue weighted by Crippen LogP contribution is 2.00. The monoisotopic (exact) mass is 154 g/mol. The van der Waals surface area contributed by atoms with Gasteiger partial charge in [-0.2, -0.15) is 0 Å². The average molecular weight is 155 g/mol. The molecule has 0 aromatic rings. The molecule has 0 aliphatic rings. The molecule has 0 rings (SSSR count). The SMILES string of the molecule is O=C(O)CC(=O)C(F)Cl. The first-order valence-corrected chi connectivity index (χ1v) is 2.50. The van der Waals surface area contributed by atoms with Crippen LogP contribution in [-0.2, 0) is 9.59 Å². The fourth-order valence-electron chi connectivity index (χ4n) is 0.226. The summed E-state index contributed by atoms with van der Waals surface area (Å²) in [5.74, 6) is -2.49. The summed E-state index contributed by atoms with van der Waals surface area (Å²) in [5, 5.41) is 7.89. The molecule has 1 N–H and O–H groups in total. The zero-order chi connectivity index (χ0) is 7.44. The van der Waals surface area contributed by atoms with Crippen LogP contribution in [0, 0.1) is 0 Å². The maximum atomic E-state index is 11.6. The molecule has 0 amide bonds. The van der Waals surface area contributed by atoms with Crippen molar-refractivity contribution < 1.29 is 19.1 Å². The van der Waals surface area contributed by atoms with E-state index in [1.807, 2.05) is 0 Å². The van der Waals surface area contributed by atoms with E-state index in [0.717, 1.165) is 0 Å². The summed E-state index contributed by atoms with van der Waals surface area (Å²) in [5.41, 5.74) is -2.19. The van der Waals surface area contributed by atoms with E-state index in [9.17, 15) is 14.0 Å². The largest absolute Gasteiger partial charge is 0.481 e. The van der Waals surface area contributed by atoms with Gasteiger partial charge in [0.05, 0.1) is 0 Å². The Hall–Kier alpha value is -0.640. The molecule has 0 aliphatic heterocycles. The van der Waals surface area contributed by atoms with Crippen LogP contribution in [0.15, 0.2) is 0 Å². The number of rotatable bonds is 3. The van der Waals surface area contributed by atoms with E-state index in [2.05, 4.69) is 11.6 Å². The second-order valence-corrected chi connectivity index (χ2v) is 1.72. The molecule has 0 aromatic carbocycles. The molecular formula is C4H4ClFO3. The van der Waals surface area contributed by atoms with Crippen LogP contribution in [-0.4, -0.2) is 22.5 Å². The molecule has 0 aromatic heterocycles. The topological polar surface area (TPSA) is 54.4 Å². The molecule has 0 saturated heterocycles. The molecule has 0 spiro atoms. The Morgan fingerprint density at radius 3 is 2.22 bits per heavy atom. The predicted octanol–water partition coefficient (Wildman–Crippen LogP) is 0.565. The quantitative estimate of drug-likeness (QED) is 0.478. The van der Waals surface area contributed by atoms with Crippen LogP contribution in [0.4, 0.5) is 4.39 Å². The lowest BCUT2D eigenvalue weighted by atomic mass is 10.3. The Kier molecular flexibility index (Phi) is 3.16. The second-order valence-electron chi connectivity index (χ2n) is 1.34.